The van der Waals surface area contributed by atoms with Crippen molar-refractivity contribution in [3.63, 3.8) is 0 Å². The summed E-state index contributed by atoms with van der Waals surface area (Å²) in [7, 11) is 1.85. The molecule has 2 aromatic heterocycles. The molecule has 0 spiro atoms. The molecule has 0 saturated heterocycles. The number of hydrogen-bond acceptors (Lipinski definition) is 6. The van der Waals surface area contributed by atoms with Crippen LogP contribution in [0.25, 0.3) is 0 Å². The van der Waals surface area contributed by atoms with Gasteiger partial charge in [-0.2, -0.15) is 9.47 Å². The van der Waals surface area contributed by atoms with Crippen molar-refractivity contribution in [1.82, 2.24) is 19.5 Å². The molecule has 1 N–H and O–H groups in total. The number of carbonyl (C=O) groups is 1. The van der Waals surface area contributed by atoms with E-state index in [1.165, 1.54) is 23.3 Å². The Kier molecular flexibility index (Phi) is 5.53. The summed E-state index contributed by atoms with van der Waals surface area (Å²) in [5, 5.41) is 7.83. The maximum absolute atomic E-state index is 12.4. The van der Waals surface area contributed by atoms with Gasteiger partial charge in [-0.3, -0.25) is 9.48 Å². The van der Waals surface area contributed by atoms with Crippen LogP contribution in [-0.4, -0.2) is 32.6 Å². The van der Waals surface area contributed by atoms with Crippen LogP contribution in [0.4, 0.5) is 0 Å². The number of rotatable bonds is 5. The first-order valence-electron chi connectivity index (χ1n) is 5.60. The Bertz CT molecular complexity index is 584. The van der Waals surface area contributed by atoms with Crippen LogP contribution < -0.4 is 5.32 Å². The molecule has 0 atom stereocenters. The lowest BCUT2D eigenvalue weighted by molar-refractivity contribution is 0.0944. The minimum absolute atomic E-state index is 0.0967. The fourth-order valence-corrected chi connectivity index (χ4v) is 4.38. The van der Waals surface area contributed by atoms with Crippen LogP contribution in [-0.2, 0) is 13.6 Å². The molecule has 0 fully saturated rings. The molecule has 0 radical (unpaired) electrons. The molecule has 2 heterocycles. The van der Waals surface area contributed by atoms with Gasteiger partial charge in [-0.15, -0.1) is 23.5 Å². The van der Waals surface area contributed by atoms with Gasteiger partial charge >= 0.3 is 0 Å². The maximum atomic E-state index is 12.4. The van der Waals surface area contributed by atoms with Crippen LogP contribution >= 0.6 is 51.0 Å². The van der Waals surface area contributed by atoms with E-state index in [0.29, 0.717) is 12.1 Å². The lowest BCUT2D eigenvalue weighted by Crippen LogP contribution is -2.24. The zero-order valence-electron chi connectivity index (χ0n) is 11.1. The smallest absolute Gasteiger partial charge is 0.256 e. The Morgan fingerprint density at radius 3 is 2.80 bits per heavy atom. The number of aryl methyl sites for hydroxylation is 1. The van der Waals surface area contributed by atoms with Crippen molar-refractivity contribution in [2.45, 2.75) is 15.8 Å². The highest BCUT2D eigenvalue weighted by atomic mass is 79.9. The van der Waals surface area contributed by atoms with E-state index in [1.54, 1.807) is 22.6 Å². The molecule has 2 rings (SSSR count). The summed E-state index contributed by atoms with van der Waals surface area (Å²) in [5.41, 5.74) is 1.60. The van der Waals surface area contributed by atoms with Gasteiger partial charge in [0.2, 0.25) is 0 Å². The van der Waals surface area contributed by atoms with E-state index in [4.69, 9.17) is 0 Å². The van der Waals surface area contributed by atoms with Crippen molar-refractivity contribution < 1.29 is 4.79 Å². The second-order valence-electron chi connectivity index (χ2n) is 3.80. The highest BCUT2D eigenvalue weighted by Gasteiger charge is 2.20. The number of aromatic nitrogens is 3. The van der Waals surface area contributed by atoms with Crippen LogP contribution in [0.3, 0.4) is 0 Å². The lowest BCUT2D eigenvalue weighted by atomic mass is 10.3. The van der Waals surface area contributed by atoms with Gasteiger partial charge in [0.15, 0.2) is 0 Å². The number of carbonyl (C=O) groups excluding carboxylic acids is 1. The van der Waals surface area contributed by atoms with E-state index in [1.807, 2.05) is 19.6 Å². The molecular weight excluding hydrogens is 380 g/mol. The summed E-state index contributed by atoms with van der Waals surface area (Å²) in [5.74, 6) is -0.0967. The molecule has 108 valence electrons. The first kappa shape index (κ1) is 15.9. The topological polar surface area (TPSA) is 59.8 Å². The fourth-order valence-electron chi connectivity index (χ4n) is 1.62. The zero-order chi connectivity index (χ0) is 14.7. The standard InChI is InChI=1S/C11H13BrN4OS3/c1-16-7(6(12)4-14-16)5-13-9(17)8-10(18-2)15-20-11(8)19-3/h4H,5H2,1-3H3,(H,13,17). The Morgan fingerprint density at radius 2 is 2.25 bits per heavy atom. The molecule has 2 aromatic rings. The highest BCUT2D eigenvalue weighted by molar-refractivity contribution is 9.10. The molecule has 0 aliphatic rings. The van der Waals surface area contributed by atoms with Gasteiger partial charge < -0.3 is 5.32 Å². The van der Waals surface area contributed by atoms with Gasteiger partial charge in [0.1, 0.15) is 5.03 Å². The average molecular weight is 393 g/mol. The first-order chi connectivity index (χ1) is 9.58. The number of amides is 1. The number of nitrogens with zero attached hydrogens (tertiary/aromatic N) is 3. The third-order valence-electron chi connectivity index (χ3n) is 2.66. The van der Waals surface area contributed by atoms with Crippen molar-refractivity contribution in [2.75, 3.05) is 12.5 Å². The third kappa shape index (κ3) is 3.21. The van der Waals surface area contributed by atoms with Crippen LogP contribution in [0.5, 0.6) is 0 Å². The second kappa shape index (κ2) is 6.97. The largest absolute Gasteiger partial charge is 0.346 e. The monoisotopic (exact) mass is 392 g/mol. The summed E-state index contributed by atoms with van der Waals surface area (Å²) >= 11 is 7.81. The van der Waals surface area contributed by atoms with Gasteiger partial charge in [-0.1, -0.05) is 0 Å². The van der Waals surface area contributed by atoms with Crippen molar-refractivity contribution in [2.24, 2.45) is 7.05 Å². The van der Waals surface area contributed by atoms with Crippen molar-refractivity contribution in [3.8, 4) is 0 Å². The SMILES string of the molecule is CSc1nsc(SC)c1C(=O)NCc1c(Br)cnn1C. The summed E-state index contributed by atoms with van der Waals surface area (Å²) in [6, 6.07) is 0. The number of hydrogen-bond donors (Lipinski definition) is 1. The quantitative estimate of drug-likeness (QED) is 0.792. The predicted octanol–water partition coefficient (Wildman–Crippen LogP) is 3.01. The van der Waals surface area contributed by atoms with Gasteiger partial charge in [0.05, 0.1) is 32.7 Å². The summed E-state index contributed by atoms with van der Waals surface area (Å²) < 4.78 is 7.87. The Balaban J connectivity index is 2.15. The zero-order valence-corrected chi connectivity index (χ0v) is 15.2. The third-order valence-corrected chi connectivity index (χ3v) is 6.06. The molecular formula is C11H13BrN4OS3. The van der Waals surface area contributed by atoms with Crippen LogP contribution in [0, 0.1) is 0 Å². The number of thioether (sulfide) groups is 2. The number of halogens is 1. The Labute approximate surface area is 138 Å². The van der Waals surface area contributed by atoms with E-state index in [9.17, 15) is 4.79 Å². The highest BCUT2D eigenvalue weighted by Crippen LogP contribution is 2.32. The molecule has 5 nitrogen and oxygen atoms in total. The van der Waals surface area contributed by atoms with Crippen LogP contribution in [0.1, 0.15) is 16.1 Å². The summed E-state index contributed by atoms with van der Waals surface area (Å²) in [6.45, 7) is 0.424. The molecule has 9 heteroatoms. The van der Waals surface area contributed by atoms with Gasteiger partial charge in [0, 0.05) is 7.05 Å². The van der Waals surface area contributed by atoms with E-state index >= 15 is 0 Å². The molecule has 0 bridgehead atoms. The van der Waals surface area contributed by atoms with Crippen molar-refractivity contribution in [3.05, 3.63) is 21.9 Å². The Morgan fingerprint density at radius 1 is 1.50 bits per heavy atom. The first-order valence-corrected chi connectivity index (χ1v) is 9.62. The van der Waals surface area contributed by atoms with Crippen LogP contribution in [0.2, 0.25) is 0 Å². The summed E-state index contributed by atoms with van der Waals surface area (Å²) in [6.07, 6.45) is 5.59. The van der Waals surface area contributed by atoms with Gasteiger partial charge in [-0.05, 0) is 40.0 Å². The molecule has 0 aliphatic heterocycles. The molecule has 0 aliphatic carbocycles. The second-order valence-corrected chi connectivity index (χ2v) is 7.30. The molecule has 0 saturated carbocycles. The minimum atomic E-state index is -0.0967. The van der Waals surface area contributed by atoms with Crippen molar-refractivity contribution in [1.29, 1.82) is 0 Å². The molecule has 0 unspecified atom stereocenters. The van der Waals surface area contributed by atoms with Gasteiger partial charge in [-0.25, -0.2) is 0 Å². The molecule has 0 aromatic carbocycles. The fraction of sp³-hybridized carbons (Fsp3) is 0.364. The maximum Gasteiger partial charge on any atom is 0.256 e. The lowest BCUT2D eigenvalue weighted by Gasteiger charge is -2.07. The van der Waals surface area contributed by atoms with E-state index < -0.39 is 0 Å². The van der Waals surface area contributed by atoms with E-state index in [0.717, 1.165) is 19.4 Å². The van der Waals surface area contributed by atoms with E-state index in [-0.39, 0.29) is 5.91 Å². The minimum Gasteiger partial charge on any atom is -0.346 e. The average Bonchev–Trinajstić information content (AvgIpc) is 3.00. The van der Waals surface area contributed by atoms with E-state index in [2.05, 4.69) is 30.7 Å². The number of nitrogens with one attached hydrogen (secondary N) is 1. The van der Waals surface area contributed by atoms with Crippen LogP contribution in [0.15, 0.2) is 19.9 Å². The normalized spacial score (nSPS) is 10.8. The molecule has 20 heavy (non-hydrogen) atoms. The predicted molar refractivity (Wildman–Crippen MR) is 87.8 cm³/mol. The summed E-state index contributed by atoms with van der Waals surface area (Å²) in [4.78, 5) is 12.4. The Hall–Kier alpha value is -0.510. The van der Waals surface area contributed by atoms with Gasteiger partial charge in [0.25, 0.3) is 5.91 Å². The molecule has 1 amide bonds. The van der Waals surface area contributed by atoms with Crippen molar-refractivity contribution >= 4 is 56.9 Å².